The number of rotatable bonds is 7. The van der Waals surface area contributed by atoms with E-state index < -0.39 is 11.9 Å². The van der Waals surface area contributed by atoms with Crippen LogP contribution < -0.4 is 4.74 Å². The van der Waals surface area contributed by atoms with Gasteiger partial charge in [0.2, 0.25) is 0 Å². The van der Waals surface area contributed by atoms with Crippen LogP contribution in [0.15, 0.2) is 53.9 Å². The molecule has 3 aromatic rings. The maximum Gasteiger partial charge on any atom is 0.307 e. The topological polar surface area (TPSA) is 90.1 Å². The van der Waals surface area contributed by atoms with Crippen LogP contribution in [0.1, 0.15) is 6.92 Å². The molecule has 8 heteroatoms. The molecule has 0 fully saturated rings. The molecule has 1 unspecified atom stereocenters. The molecule has 0 aliphatic heterocycles. The van der Waals surface area contributed by atoms with Crippen LogP contribution in [-0.2, 0) is 4.79 Å². The Morgan fingerprint density at radius 3 is 2.77 bits per heavy atom. The predicted molar refractivity (Wildman–Crippen MR) is 98.7 cm³/mol. The van der Waals surface area contributed by atoms with Gasteiger partial charge in [-0.25, -0.2) is 0 Å². The monoisotopic (exact) mass is 370 g/mol. The highest BCUT2D eigenvalue weighted by Gasteiger charge is 2.20. The Bertz CT molecular complexity index is 898. The van der Waals surface area contributed by atoms with Gasteiger partial charge in [-0.15, -0.1) is 10.2 Å². The average Bonchev–Trinajstić information content (AvgIpc) is 3.10. The van der Waals surface area contributed by atoms with E-state index in [9.17, 15) is 4.79 Å². The Morgan fingerprint density at radius 1 is 1.27 bits per heavy atom. The molecule has 0 aliphatic rings. The van der Waals surface area contributed by atoms with E-state index in [0.29, 0.717) is 22.5 Å². The molecule has 1 atom stereocenters. The molecule has 2 aromatic heterocycles. The van der Waals surface area contributed by atoms with Gasteiger partial charge in [-0.05, 0) is 24.3 Å². The number of carboxylic acids is 1. The van der Waals surface area contributed by atoms with Gasteiger partial charge in [-0.2, -0.15) is 0 Å². The van der Waals surface area contributed by atoms with Gasteiger partial charge in [0, 0.05) is 23.7 Å². The average molecular weight is 370 g/mol. The second kappa shape index (κ2) is 8.01. The Balaban J connectivity index is 2.08. The van der Waals surface area contributed by atoms with Crippen molar-refractivity contribution in [2.75, 3.05) is 12.9 Å². The number of thioether (sulfide) groups is 1. The third-order valence-electron chi connectivity index (χ3n) is 3.76. The van der Waals surface area contributed by atoms with Gasteiger partial charge in [-0.1, -0.05) is 30.8 Å². The smallest absolute Gasteiger partial charge is 0.307 e. The number of benzene rings is 1. The van der Waals surface area contributed by atoms with E-state index in [4.69, 9.17) is 9.84 Å². The van der Waals surface area contributed by atoms with E-state index in [0.717, 1.165) is 11.3 Å². The highest BCUT2D eigenvalue weighted by Crippen LogP contribution is 2.32. The van der Waals surface area contributed by atoms with E-state index in [-0.39, 0.29) is 0 Å². The summed E-state index contributed by atoms with van der Waals surface area (Å²) >= 11 is 1.35. The van der Waals surface area contributed by atoms with Gasteiger partial charge in [0.25, 0.3) is 0 Å². The molecule has 0 saturated carbocycles. The zero-order valence-electron chi connectivity index (χ0n) is 14.4. The Labute approximate surface area is 155 Å². The van der Waals surface area contributed by atoms with Crippen LogP contribution in [-0.4, -0.2) is 43.7 Å². The molecule has 0 spiro atoms. The van der Waals surface area contributed by atoms with Crippen LogP contribution in [0.3, 0.4) is 0 Å². The Morgan fingerprint density at radius 2 is 2.08 bits per heavy atom. The van der Waals surface area contributed by atoms with Crippen molar-refractivity contribution >= 4 is 17.7 Å². The van der Waals surface area contributed by atoms with E-state index in [2.05, 4.69) is 15.2 Å². The zero-order valence-corrected chi connectivity index (χ0v) is 15.2. The van der Waals surface area contributed by atoms with Crippen LogP contribution in [0.5, 0.6) is 5.75 Å². The number of nitrogens with zero attached hydrogens (tertiary/aromatic N) is 4. The fourth-order valence-corrected chi connectivity index (χ4v) is 3.30. The highest BCUT2D eigenvalue weighted by molar-refractivity contribution is 7.99. The molecule has 0 saturated heterocycles. The molecular weight excluding hydrogens is 352 g/mol. The van der Waals surface area contributed by atoms with Crippen LogP contribution in [0.4, 0.5) is 0 Å². The quantitative estimate of drug-likeness (QED) is 0.639. The van der Waals surface area contributed by atoms with Crippen molar-refractivity contribution in [2.45, 2.75) is 12.1 Å². The summed E-state index contributed by atoms with van der Waals surface area (Å²) in [5.74, 6) is 0.340. The van der Waals surface area contributed by atoms with Gasteiger partial charge in [-0.3, -0.25) is 14.3 Å². The van der Waals surface area contributed by atoms with E-state index >= 15 is 0 Å². The minimum absolute atomic E-state index is 0.385. The van der Waals surface area contributed by atoms with Crippen molar-refractivity contribution in [1.29, 1.82) is 0 Å². The molecule has 26 heavy (non-hydrogen) atoms. The summed E-state index contributed by atoms with van der Waals surface area (Å²) in [6, 6.07) is 11.3. The summed E-state index contributed by atoms with van der Waals surface area (Å²) in [7, 11) is 1.60. The van der Waals surface area contributed by atoms with Crippen molar-refractivity contribution in [3.8, 4) is 22.8 Å². The lowest BCUT2D eigenvalue weighted by atomic mass is 10.2. The summed E-state index contributed by atoms with van der Waals surface area (Å²) in [5, 5.41) is 18.3. The number of para-hydroxylation sites is 2. The molecule has 1 N–H and O–H groups in total. The maximum atomic E-state index is 11.1. The van der Waals surface area contributed by atoms with Crippen LogP contribution >= 0.6 is 11.8 Å². The van der Waals surface area contributed by atoms with Gasteiger partial charge in [0.1, 0.15) is 5.75 Å². The second-order valence-corrected chi connectivity index (χ2v) is 6.59. The minimum atomic E-state index is -0.840. The lowest BCUT2D eigenvalue weighted by Crippen LogP contribution is -2.12. The number of aromatic nitrogens is 4. The summed E-state index contributed by atoms with van der Waals surface area (Å²) in [5.41, 5.74) is 1.59. The second-order valence-electron chi connectivity index (χ2n) is 5.61. The fraction of sp³-hybridized carbons (Fsp3) is 0.222. The van der Waals surface area contributed by atoms with Crippen LogP contribution in [0.25, 0.3) is 17.1 Å². The largest absolute Gasteiger partial charge is 0.495 e. The SMILES string of the molecule is COc1ccccc1-n1c(SCC(C)C(=O)O)nnc1-c1cccnc1. The van der Waals surface area contributed by atoms with Crippen molar-refractivity contribution in [3.63, 3.8) is 0 Å². The number of carboxylic acid groups (broad SMARTS) is 1. The third kappa shape index (κ3) is 3.70. The first kappa shape index (κ1) is 17.9. The molecule has 7 nitrogen and oxygen atoms in total. The molecule has 1 aromatic carbocycles. The molecule has 0 bridgehead atoms. The molecule has 0 amide bonds. The predicted octanol–water partition coefficient (Wildman–Crippen LogP) is 3.15. The summed E-state index contributed by atoms with van der Waals surface area (Å²) in [6.07, 6.45) is 3.40. The van der Waals surface area contributed by atoms with Crippen molar-refractivity contribution in [1.82, 2.24) is 19.7 Å². The van der Waals surface area contributed by atoms with Crippen molar-refractivity contribution in [2.24, 2.45) is 5.92 Å². The molecule has 0 radical (unpaired) electrons. The molecular formula is C18H18N4O3S. The highest BCUT2D eigenvalue weighted by atomic mass is 32.2. The summed E-state index contributed by atoms with van der Waals surface area (Å²) in [6.45, 7) is 1.67. The summed E-state index contributed by atoms with van der Waals surface area (Å²) in [4.78, 5) is 15.3. The molecule has 2 heterocycles. The van der Waals surface area contributed by atoms with Gasteiger partial charge in [0.05, 0.1) is 18.7 Å². The van der Waals surface area contributed by atoms with Crippen molar-refractivity contribution < 1.29 is 14.6 Å². The molecule has 3 rings (SSSR count). The Hall–Kier alpha value is -2.87. The van der Waals surface area contributed by atoms with Gasteiger partial charge < -0.3 is 9.84 Å². The standard InChI is InChI=1S/C18H18N4O3S/c1-12(17(23)24)11-26-18-21-20-16(13-6-5-9-19-10-13)22(18)14-7-3-4-8-15(14)25-2/h3-10,12H,11H2,1-2H3,(H,23,24). The van der Waals surface area contributed by atoms with Crippen molar-refractivity contribution in [3.05, 3.63) is 48.8 Å². The number of hydrogen-bond acceptors (Lipinski definition) is 6. The van der Waals surface area contributed by atoms with E-state index in [1.807, 2.05) is 41.0 Å². The number of hydrogen-bond donors (Lipinski definition) is 1. The first-order valence-electron chi connectivity index (χ1n) is 7.96. The van der Waals surface area contributed by atoms with E-state index in [1.165, 1.54) is 11.8 Å². The lowest BCUT2D eigenvalue weighted by molar-refractivity contribution is -0.140. The normalized spacial score (nSPS) is 11.9. The first-order chi connectivity index (χ1) is 12.6. The number of carbonyl (C=O) groups is 1. The number of ether oxygens (including phenoxy) is 1. The molecule has 134 valence electrons. The minimum Gasteiger partial charge on any atom is -0.495 e. The first-order valence-corrected chi connectivity index (χ1v) is 8.95. The Kier molecular flexibility index (Phi) is 5.52. The zero-order chi connectivity index (χ0) is 18.5. The lowest BCUT2D eigenvalue weighted by Gasteiger charge is -2.14. The molecule has 0 aliphatic carbocycles. The number of methoxy groups -OCH3 is 1. The number of pyridine rings is 1. The summed E-state index contributed by atoms with van der Waals surface area (Å²) < 4.78 is 7.35. The number of aliphatic carboxylic acids is 1. The van der Waals surface area contributed by atoms with Crippen LogP contribution in [0.2, 0.25) is 0 Å². The van der Waals surface area contributed by atoms with Gasteiger partial charge in [0.15, 0.2) is 11.0 Å². The third-order valence-corrected chi connectivity index (χ3v) is 4.95. The van der Waals surface area contributed by atoms with Crippen LogP contribution in [0, 0.1) is 5.92 Å². The fourth-order valence-electron chi connectivity index (χ4n) is 2.35. The maximum absolute atomic E-state index is 11.1. The van der Waals surface area contributed by atoms with Gasteiger partial charge >= 0.3 is 5.97 Å². The van der Waals surface area contributed by atoms with E-state index in [1.54, 1.807) is 26.4 Å².